The number of hydrogen-bond donors (Lipinski definition) is 1. The second-order valence-corrected chi connectivity index (χ2v) is 4.97. The maximum Gasteiger partial charge on any atom is 0.0113 e. The van der Waals surface area contributed by atoms with E-state index in [-0.39, 0.29) is 0 Å². The van der Waals surface area contributed by atoms with Crippen LogP contribution < -0.4 is 5.32 Å². The normalized spacial score (nSPS) is 28.1. The van der Waals surface area contributed by atoms with Crippen molar-refractivity contribution in [1.29, 1.82) is 0 Å². The Bertz CT molecular complexity index is 313. The molecule has 1 atom stereocenters. The quantitative estimate of drug-likeness (QED) is 0.749. The van der Waals surface area contributed by atoms with Gasteiger partial charge < -0.3 is 5.32 Å². The summed E-state index contributed by atoms with van der Waals surface area (Å²) in [5, 5.41) is 3.66. The van der Waals surface area contributed by atoms with Gasteiger partial charge in [0.2, 0.25) is 0 Å². The van der Waals surface area contributed by atoms with E-state index in [1.807, 2.05) is 0 Å². The summed E-state index contributed by atoms with van der Waals surface area (Å²) in [5.74, 6) is 0. The average Bonchev–Trinajstić information content (AvgIpc) is 2.84. The Hall–Kier alpha value is -0.820. The Morgan fingerprint density at radius 2 is 2.00 bits per heavy atom. The molecular formula is C13H17N. The Labute approximate surface area is 85.5 Å². The fourth-order valence-corrected chi connectivity index (χ4v) is 2.63. The van der Waals surface area contributed by atoms with Crippen molar-refractivity contribution in [3.63, 3.8) is 0 Å². The summed E-state index contributed by atoms with van der Waals surface area (Å²) < 4.78 is 0. The smallest absolute Gasteiger partial charge is 0.0113 e. The highest BCUT2D eigenvalue weighted by Crippen LogP contribution is 2.52. The third-order valence-corrected chi connectivity index (χ3v) is 3.73. The maximum absolute atomic E-state index is 3.66. The number of hydrogen-bond acceptors (Lipinski definition) is 1. The van der Waals surface area contributed by atoms with Crippen molar-refractivity contribution in [3.05, 3.63) is 35.9 Å². The van der Waals surface area contributed by atoms with Crippen LogP contribution in [0.1, 0.15) is 24.8 Å². The second kappa shape index (κ2) is 3.09. The van der Waals surface area contributed by atoms with Gasteiger partial charge in [-0.05, 0) is 36.7 Å². The molecule has 1 saturated heterocycles. The van der Waals surface area contributed by atoms with Gasteiger partial charge >= 0.3 is 0 Å². The first-order valence-corrected chi connectivity index (χ1v) is 5.64. The van der Waals surface area contributed by atoms with Gasteiger partial charge in [-0.1, -0.05) is 30.3 Å². The van der Waals surface area contributed by atoms with E-state index in [0.29, 0.717) is 0 Å². The van der Waals surface area contributed by atoms with E-state index in [0.717, 1.165) is 11.5 Å². The van der Waals surface area contributed by atoms with Crippen LogP contribution in [0.15, 0.2) is 30.3 Å². The zero-order chi connectivity index (χ0) is 9.43. The average molecular weight is 187 g/mol. The van der Waals surface area contributed by atoms with Crippen LogP contribution in [0.5, 0.6) is 0 Å². The molecule has 1 aliphatic carbocycles. The second-order valence-electron chi connectivity index (χ2n) is 4.97. The largest absolute Gasteiger partial charge is 0.313 e. The minimum atomic E-state index is 0.736. The van der Waals surface area contributed by atoms with E-state index in [1.165, 1.54) is 37.8 Å². The van der Waals surface area contributed by atoms with Crippen LogP contribution in [0.2, 0.25) is 0 Å². The number of nitrogens with one attached hydrogen (secondary N) is 1. The molecule has 1 nitrogen and oxygen atoms in total. The summed E-state index contributed by atoms with van der Waals surface area (Å²) in [6.45, 7) is 1.27. The third-order valence-electron chi connectivity index (χ3n) is 3.73. The lowest BCUT2D eigenvalue weighted by Gasteiger charge is -2.09. The van der Waals surface area contributed by atoms with Crippen molar-refractivity contribution in [1.82, 2.24) is 5.32 Å². The molecule has 0 radical (unpaired) electrons. The lowest BCUT2D eigenvalue weighted by molar-refractivity contribution is 0.540. The first-order valence-electron chi connectivity index (χ1n) is 5.64. The number of benzene rings is 1. The Kier molecular flexibility index (Phi) is 1.88. The van der Waals surface area contributed by atoms with Crippen LogP contribution in [0.4, 0.5) is 0 Å². The lowest BCUT2D eigenvalue weighted by Crippen LogP contribution is -2.23. The Morgan fingerprint density at radius 1 is 1.21 bits per heavy atom. The summed E-state index contributed by atoms with van der Waals surface area (Å²) in [6, 6.07) is 11.6. The SMILES string of the molecule is c1ccc(CC2CC3(CC3)CN2)cc1. The highest BCUT2D eigenvalue weighted by molar-refractivity contribution is 5.17. The van der Waals surface area contributed by atoms with Gasteiger partial charge in [0.15, 0.2) is 0 Å². The van der Waals surface area contributed by atoms with Crippen molar-refractivity contribution in [2.45, 2.75) is 31.7 Å². The van der Waals surface area contributed by atoms with Crippen LogP contribution in [0.25, 0.3) is 0 Å². The fraction of sp³-hybridized carbons (Fsp3) is 0.538. The van der Waals surface area contributed by atoms with E-state index in [9.17, 15) is 0 Å². The highest BCUT2D eigenvalue weighted by Gasteiger charge is 2.47. The van der Waals surface area contributed by atoms with E-state index in [1.54, 1.807) is 0 Å². The summed E-state index contributed by atoms with van der Waals surface area (Å²) in [7, 11) is 0. The first kappa shape index (κ1) is 8.49. The third kappa shape index (κ3) is 1.57. The molecule has 0 bridgehead atoms. The molecule has 1 heteroatoms. The van der Waals surface area contributed by atoms with Gasteiger partial charge in [-0.25, -0.2) is 0 Å². The van der Waals surface area contributed by atoms with Crippen LogP contribution in [-0.4, -0.2) is 12.6 Å². The molecule has 0 aromatic heterocycles. The standard InChI is InChI=1S/C13H17N/c1-2-4-11(5-3-1)8-12-9-13(6-7-13)10-14-12/h1-5,12,14H,6-10H2. The van der Waals surface area contributed by atoms with Crippen LogP contribution in [0, 0.1) is 5.41 Å². The van der Waals surface area contributed by atoms with Gasteiger partial charge in [0.05, 0.1) is 0 Å². The topological polar surface area (TPSA) is 12.0 Å². The van der Waals surface area contributed by atoms with Gasteiger partial charge in [0.25, 0.3) is 0 Å². The molecule has 1 unspecified atom stereocenters. The van der Waals surface area contributed by atoms with Gasteiger partial charge in [-0.3, -0.25) is 0 Å². The van der Waals surface area contributed by atoms with E-state index < -0.39 is 0 Å². The zero-order valence-corrected chi connectivity index (χ0v) is 8.50. The zero-order valence-electron chi connectivity index (χ0n) is 8.50. The molecule has 3 rings (SSSR count). The minimum absolute atomic E-state index is 0.736. The van der Waals surface area contributed by atoms with E-state index in [4.69, 9.17) is 0 Å². The highest BCUT2D eigenvalue weighted by atomic mass is 15.0. The van der Waals surface area contributed by atoms with Gasteiger partial charge in [0.1, 0.15) is 0 Å². The number of rotatable bonds is 2. The van der Waals surface area contributed by atoms with Crippen molar-refractivity contribution in [3.8, 4) is 0 Å². The summed E-state index contributed by atoms with van der Waals surface area (Å²) in [6.07, 6.45) is 5.54. The van der Waals surface area contributed by atoms with Crippen molar-refractivity contribution >= 4 is 0 Å². The monoisotopic (exact) mass is 187 g/mol. The lowest BCUT2D eigenvalue weighted by atomic mass is 9.98. The molecule has 1 aliphatic heterocycles. The van der Waals surface area contributed by atoms with Crippen LogP contribution >= 0.6 is 0 Å². The molecule has 74 valence electrons. The van der Waals surface area contributed by atoms with Crippen molar-refractivity contribution in [2.75, 3.05) is 6.54 Å². The summed E-state index contributed by atoms with van der Waals surface area (Å²) in [5.41, 5.74) is 2.21. The molecule has 14 heavy (non-hydrogen) atoms. The Balaban J connectivity index is 1.63. The fourth-order valence-electron chi connectivity index (χ4n) is 2.63. The van der Waals surface area contributed by atoms with Gasteiger partial charge in [-0.2, -0.15) is 0 Å². The molecule has 0 amide bonds. The maximum atomic E-state index is 3.66. The predicted molar refractivity (Wildman–Crippen MR) is 58.2 cm³/mol. The summed E-state index contributed by atoms with van der Waals surface area (Å²) >= 11 is 0. The Morgan fingerprint density at radius 3 is 2.64 bits per heavy atom. The molecule has 1 heterocycles. The first-order chi connectivity index (χ1) is 6.86. The van der Waals surface area contributed by atoms with E-state index in [2.05, 4.69) is 35.6 Å². The predicted octanol–water partition coefficient (Wildman–Crippen LogP) is 2.37. The molecule has 1 aromatic carbocycles. The van der Waals surface area contributed by atoms with Crippen molar-refractivity contribution < 1.29 is 0 Å². The van der Waals surface area contributed by atoms with Crippen LogP contribution in [0.3, 0.4) is 0 Å². The molecule has 1 saturated carbocycles. The molecule has 1 spiro atoms. The molecular weight excluding hydrogens is 170 g/mol. The molecule has 1 aromatic rings. The molecule has 2 fully saturated rings. The minimum Gasteiger partial charge on any atom is -0.313 e. The van der Waals surface area contributed by atoms with Gasteiger partial charge in [-0.15, -0.1) is 0 Å². The van der Waals surface area contributed by atoms with Gasteiger partial charge in [0, 0.05) is 12.6 Å². The van der Waals surface area contributed by atoms with Crippen molar-refractivity contribution in [2.24, 2.45) is 5.41 Å². The van der Waals surface area contributed by atoms with E-state index >= 15 is 0 Å². The molecule has 1 N–H and O–H groups in total. The van der Waals surface area contributed by atoms with Crippen LogP contribution in [-0.2, 0) is 6.42 Å². The molecule has 2 aliphatic rings. The summed E-state index contributed by atoms with van der Waals surface area (Å²) in [4.78, 5) is 0.